The Kier molecular flexibility index (Phi) is 3.78. The standard InChI is InChI=1S/C16H20ClNO4S/c1-15(2)9-16(14(19)22-3)10-18(8-13(15)16)23(20,21)12-6-4-11(17)5-7-12/h4-7,13H,8-10H2,1-3H3/t13-,16+/m1/s1. The topological polar surface area (TPSA) is 63.7 Å². The van der Waals surface area contributed by atoms with Crippen LogP contribution in [-0.4, -0.2) is 38.9 Å². The number of methoxy groups -OCH3 is 1. The summed E-state index contributed by atoms with van der Waals surface area (Å²) in [7, 11) is -2.29. The number of ether oxygens (including phenoxy) is 1. The predicted octanol–water partition coefficient (Wildman–Crippen LogP) is 2.55. The SMILES string of the molecule is COC(=O)[C@@]12CN(S(=O)(=O)c3ccc(Cl)cc3)C[C@@H]1C(C)(C)C2. The number of carbonyl (C=O) groups excluding carboxylic acids is 1. The van der Waals surface area contributed by atoms with E-state index in [1.54, 1.807) is 12.1 Å². The zero-order valence-electron chi connectivity index (χ0n) is 13.4. The van der Waals surface area contributed by atoms with Crippen LogP contribution < -0.4 is 0 Å². The summed E-state index contributed by atoms with van der Waals surface area (Å²) in [5.41, 5.74) is -0.782. The first-order valence-electron chi connectivity index (χ1n) is 7.48. The van der Waals surface area contributed by atoms with Crippen LogP contribution >= 0.6 is 11.6 Å². The van der Waals surface area contributed by atoms with E-state index in [9.17, 15) is 13.2 Å². The molecule has 0 amide bonds. The van der Waals surface area contributed by atoms with E-state index in [-0.39, 0.29) is 28.7 Å². The Morgan fingerprint density at radius 3 is 2.43 bits per heavy atom. The molecule has 1 aliphatic carbocycles. The summed E-state index contributed by atoms with van der Waals surface area (Å²) in [5, 5.41) is 0.484. The van der Waals surface area contributed by atoms with Crippen molar-refractivity contribution >= 4 is 27.6 Å². The van der Waals surface area contributed by atoms with E-state index in [1.165, 1.54) is 23.5 Å². The van der Waals surface area contributed by atoms with Gasteiger partial charge in [0.15, 0.2) is 0 Å². The number of esters is 1. The van der Waals surface area contributed by atoms with Crippen molar-refractivity contribution < 1.29 is 17.9 Å². The fourth-order valence-electron chi connectivity index (χ4n) is 4.27. The third-order valence-electron chi connectivity index (χ3n) is 5.27. The van der Waals surface area contributed by atoms with Crippen LogP contribution in [-0.2, 0) is 19.6 Å². The van der Waals surface area contributed by atoms with Gasteiger partial charge in [-0.3, -0.25) is 4.79 Å². The summed E-state index contributed by atoms with van der Waals surface area (Å²) in [5.74, 6) is -0.333. The Balaban J connectivity index is 1.94. The van der Waals surface area contributed by atoms with Gasteiger partial charge in [-0.1, -0.05) is 25.4 Å². The average Bonchev–Trinajstić information content (AvgIpc) is 2.83. The lowest BCUT2D eigenvalue weighted by Crippen LogP contribution is -2.57. The Bertz CT molecular complexity index is 744. The van der Waals surface area contributed by atoms with Crippen LogP contribution in [0.3, 0.4) is 0 Å². The highest BCUT2D eigenvalue weighted by molar-refractivity contribution is 7.89. The van der Waals surface area contributed by atoms with Gasteiger partial charge in [0.1, 0.15) is 0 Å². The van der Waals surface area contributed by atoms with E-state index in [2.05, 4.69) is 13.8 Å². The second-order valence-corrected chi connectivity index (χ2v) is 9.49. The molecular formula is C16H20ClNO4S. The minimum Gasteiger partial charge on any atom is -0.469 e. The number of fused-ring (bicyclic) bond motifs is 1. The molecule has 0 unspecified atom stereocenters. The number of nitrogens with zero attached hydrogens (tertiary/aromatic N) is 1. The molecule has 2 atom stereocenters. The molecule has 1 heterocycles. The van der Waals surface area contributed by atoms with Crippen molar-refractivity contribution in [3.8, 4) is 0 Å². The zero-order chi connectivity index (χ0) is 17.0. The van der Waals surface area contributed by atoms with Crippen LogP contribution in [0.25, 0.3) is 0 Å². The summed E-state index contributed by atoms with van der Waals surface area (Å²) in [6, 6.07) is 6.10. The van der Waals surface area contributed by atoms with E-state index < -0.39 is 15.4 Å². The molecule has 23 heavy (non-hydrogen) atoms. The quantitative estimate of drug-likeness (QED) is 0.780. The maximum Gasteiger partial charge on any atom is 0.313 e. The molecule has 1 aliphatic heterocycles. The first-order valence-corrected chi connectivity index (χ1v) is 9.29. The van der Waals surface area contributed by atoms with Crippen LogP contribution in [0.4, 0.5) is 0 Å². The largest absolute Gasteiger partial charge is 0.469 e. The third kappa shape index (κ3) is 2.39. The maximum atomic E-state index is 12.9. The van der Waals surface area contributed by atoms with Crippen molar-refractivity contribution in [1.29, 1.82) is 0 Å². The summed E-state index contributed by atoms with van der Waals surface area (Å²) in [6.07, 6.45) is 0.643. The van der Waals surface area contributed by atoms with Gasteiger partial charge in [-0.05, 0) is 42.0 Å². The van der Waals surface area contributed by atoms with E-state index in [0.29, 0.717) is 18.0 Å². The van der Waals surface area contributed by atoms with Crippen molar-refractivity contribution in [3.05, 3.63) is 29.3 Å². The van der Waals surface area contributed by atoms with Crippen LogP contribution in [0.15, 0.2) is 29.2 Å². The van der Waals surface area contributed by atoms with E-state index in [1.807, 2.05) is 0 Å². The maximum absolute atomic E-state index is 12.9. The molecule has 3 rings (SSSR count). The first-order chi connectivity index (χ1) is 10.6. The molecule has 1 saturated carbocycles. The molecule has 2 fully saturated rings. The van der Waals surface area contributed by atoms with Gasteiger partial charge in [0.25, 0.3) is 0 Å². The Labute approximate surface area is 141 Å². The fourth-order valence-corrected chi connectivity index (χ4v) is 5.92. The molecule has 0 aromatic heterocycles. The molecule has 1 saturated heterocycles. The fraction of sp³-hybridized carbons (Fsp3) is 0.562. The highest BCUT2D eigenvalue weighted by Gasteiger charge is 2.68. The summed E-state index contributed by atoms with van der Waals surface area (Å²) in [6.45, 7) is 4.65. The van der Waals surface area contributed by atoms with Gasteiger partial charge in [0, 0.05) is 18.1 Å². The van der Waals surface area contributed by atoms with Gasteiger partial charge >= 0.3 is 5.97 Å². The number of sulfonamides is 1. The van der Waals surface area contributed by atoms with E-state index >= 15 is 0 Å². The van der Waals surface area contributed by atoms with Crippen molar-refractivity contribution in [2.24, 2.45) is 16.7 Å². The van der Waals surface area contributed by atoms with Crippen LogP contribution in [0.5, 0.6) is 0 Å². The molecule has 1 aromatic rings. The number of carbonyl (C=O) groups is 1. The molecular weight excluding hydrogens is 338 g/mol. The molecule has 0 bridgehead atoms. The molecule has 0 spiro atoms. The van der Waals surface area contributed by atoms with Crippen molar-refractivity contribution in [3.63, 3.8) is 0 Å². The van der Waals surface area contributed by atoms with E-state index in [4.69, 9.17) is 16.3 Å². The summed E-state index contributed by atoms with van der Waals surface area (Å²) in [4.78, 5) is 12.5. The summed E-state index contributed by atoms with van der Waals surface area (Å²) >= 11 is 5.83. The van der Waals surface area contributed by atoms with Crippen molar-refractivity contribution in [2.45, 2.75) is 25.2 Å². The average molecular weight is 358 g/mol. The highest BCUT2D eigenvalue weighted by Crippen LogP contribution is 2.63. The van der Waals surface area contributed by atoms with Gasteiger partial charge < -0.3 is 4.74 Å². The number of rotatable bonds is 3. The van der Waals surface area contributed by atoms with E-state index in [0.717, 1.165) is 0 Å². The highest BCUT2D eigenvalue weighted by atomic mass is 35.5. The number of hydrogen-bond donors (Lipinski definition) is 0. The molecule has 0 radical (unpaired) electrons. The van der Waals surface area contributed by atoms with Gasteiger partial charge in [-0.2, -0.15) is 4.31 Å². The number of halogens is 1. The van der Waals surface area contributed by atoms with Gasteiger partial charge in [-0.15, -0.1) is 0 Å². The molecule has 7 heteroatoms. The third-order valence-corrected chi connectivity index (χ3v) is 7.35. The Morgan fingerprint density at radius 2 is 1.91 bits per heavy atom. The number of hydrogen-bond acceptors (Lipinski definition) is 4. The van der Waals surface area contributed by atoms with Gasteiger partial charge in [-0.25, -0.2) is 8.42 Å². The normalized spacial score (nSPS) is 29.7. The minimum atomic E-state index is -3.64. The number of benzene rings is 1. The molecule has 1 aromatic carbocycles. The van der Waals surface area contributed by atoms with Gasteiger partial charge in [0.05, 0.1) is 17.4 Å². The van der Waals surface area contributed by atoms with Crippen molar-refractivity contribution in [1.82, 2.24) is 4.31 Å². The van der Waals surface area contributed by atoms with Gasteiger partial charge in [0.2, 0.25) is 10.0 Å². The predicted molar refractivity (Wildman–Crippen MR) is 86.5 cm³/mol. The zero-order valence-corrected chi connectivity index (χ0v) is 14.9. The molecule has 126 valence electrons. The first kappa shape index (κ1) is 16.7. The molecule has 2 aliphatic rings. The Morgan fingerprint density at radius 1 is 1.30 bits per heavy atom. The second kappa shape index (κ2) is 5.19. The van der Waals surface area contributed by atoms with Crippen LogP contribution in [0.1, 0.15) is 20.3 Å². The lowest BCUT2D eigenvalue weighted by Gasteiger charge is -2.54. The molecule has 5 nitrogen and oxygen atoms in total. The monoisotopic (exact) mass is 357 g/mol. The lowest BCUT2D eigenvalue weighted by atomic mass is 9.48. The Hall–Kier alpha value is -1.11. The van der Waals surface area contributed by atoms with Crippen LogP contribution in [0.2, 0.25) is 5.02 Å². The smallest absolute Gasteiger partial charge is 0.313 e. The summed E-state index contributed by atoms with van der Waals surface area (Å²) < 4.78 is 32.1. The van der Waals surface area contributed by atoms with Crippen LogP contribution in [0, 0.1) is 16.7 Å². The second-order valence-electron chi connectivity index (χ2n) is 7.12. The lowest BCUT2D eigenvalue weighted by molar-refractivity contribution is -0.174. The minimum absolute atomic E-state index is 0.0236. The molecule has 0 N–H and O–H groups in total. The van der Waals surface area contributed by atoms with Crippen molar-refractivity contribution in [2.75, 3.05) is 20.2 Å².